The van der Waals surface area contributed by atoms with Crippen molar-refractivity contribution in [1.29, 1.82) is 0 Å². The van der Waals surface area contributed by atoms with Crippen LogP contribution in [0.15, 0.2) is 10.5 Å². The van der Waals surface area contributed by atoms with Crippen molar-refractivity contribution in [2.75, 3.05) is 5.73 Å². The van der Waals surface area contributed by atoms with Gasteiger partial charge in [0.05, 0.1) is 0 Å². The molecule has 3 nitrogen and oxygen atoms in total. The van der Waals surface area contributed by atoms with Gasteiger partial charge in [-0.1, -0.05) is 0 Å². The van der Waals surface area contributed by atoms with Gasteiger partial charge in [-0.3, -0.25) is 0 Å². The van der Waals surface area contributed by atoms with E-state index in [1.54, 1.807) is 0 Å². The SMILES string of the molecule is Cc1c(F)cc(F)c2oc(N)nc12. The van der Waals surface area contributed by atoms with Gasteiger partial charge in [0.1, 0.15) is 11.3 Å². The van der Waals surface area contributed by atoms with Gasteiger partial charge in [0.25, 0.3) is 6.01 Å². The number of anilines is 1. The average Bonchev–Trinajstić information content (AvgIpc) is 2.44. The number of aromatic nitrogens is 1. The fourth-order valence-corrected chi connectivity index (χ4v) is 1.15. The summed E-state index contributed by atoms with van der Waals surface area (Å²) in [5, 5.41) is 0. The van der Waals surface area contributed by atoms with E-state index >= 15 is 0 Å². The van der Waals surface area contributed by atoms with Crippen molar-refractivity contribution in [3.8, 4) is 0 Å². The topological polar surface area (TPSA) is 52.0 Å². The predicted molar refractivity (Wildman–Crippen MR) is 43.1 cm³/mol. The first kappa shape index (κ1) is 7.97. The summed E-state index contributed by atoms with van der Waals surface area (Å²) in [6.45, 7) is 1.49. The summed E-state index contributed by atoms with van der Waals surface area (Å²) in [6, 6.07) is 0.588. The first-order valence-electron chi connectivity index (χ1n) is 3.60. The van der Waals surface area contributed by atoms with Gasteiger partial charge in [0.2, 0.25) is 0 Å². The van der Waals surface area contributed by atoms with Crippen molar-refractivity contribution in [3.63, 3.8) is 0 Å². The van der Waals surface area contributed by atoms with E-state index in [0.717, 1.165) is 6.07 Å². The molecule has 0 spiro atoms. The highest BCUT2D eigenvalue weighted by molar-refractivity contribution is 5.78. The van der Waals surface area contributed by atoms with Crippen molar-refractivity contribution >= 4 is 17.1 Å². The molecule has 2 aromatic rings. The van der Waals surface area contributed by atoms with Crippen molar-refractivity contribution < 1.29 is 13.2 Å². The van der Waals surface area contributed by atoms with E-state index in [4.69, 9.17) is 10.2 Å². The lowest BCUT2D eigenvalue weighted by atomic mass is 10.2. The minimum absolute atomic E-state index is 0.101. The first-order valence-corrected chi connectivity index (χ1v) is 3.60. The Kier molecular flexibility index (Phi) is 1.48. The maximum absolute atomic E-state index is 13.0. The summed E-state index contributed by atoms with van der Waals surface area (Å²) in [4.78, 5) is 3.67. The van der Waals surface area contributed by atoms with Gasteiger partial charge >= 0.3 is 0 Å². The molecule has 5 heteroatoms. The third-order valence-electron chi connectivity index (χ3n) is 1.83. The van der Waals surface area contributed by atoms with Crippen LogP contribution in [0.5, 0.6) is 0 Å². The number of nitrogens with zero attached hydrogens (tertiary/aromatic N) is 1. The average molecular weight is 184 g/mol. The van der Waals surface area contributed by atoms with Crippen LogP contribution in [0.4, 0.5) is 14.8 Å². The minimum atomic E-state index is -0.790. The Morgan fingerprint density at radius 3 is 2.77 bits per heavy atom. The summed E-state index contributed by atoms with van der Waals surface area (Å²) in [6.07, 6.45) is 0. The number of halogens is 2. The number of nitrogens with two attached hydrogens (primary N) is 1. The Labute approximate surface area is 72.2 Å². The maximum atomic E-state index is 13.0. The number of hydrogen-bond donors (Lipinski definition) is 1. The Bertz CT molecular complexity index is 478. The highest BCUT2D eigenvalue weighted by Gasteiger charge is 2.14. The van der Waals surface area contributed by atoms with E-state index in [1.165, 1.54) is 6.92 Å². The number of rotatable bonds is 0. The van der Waals surface area contributed by atoms with Gasteiger partial charge < -0.3 is 10.2 Å². The van der Waals surface area contributed by atoms with Crippen LogP contribution in [0.3, 0.4) is 0 Å². The van der Waals surface area contributed by atoms with Gasteiger partial charge in [-0.25, -0.2) is 8.78 Å². The van der Waals surface area contributed by atoms with E-state index in [1.807, 2.05) is 0 Å². The molecule has 2 rings (SSSR count). The summed E-state index contributed by atoms with van der Waals surface area (Å²) < 4.78 is 30.7. The molecule has 0 aliphatic heterocycles. The molecule has 13 heavy (non-hydrogen) atoms. The number of fused-ring (bicyclic) bond motifs is 1. The zero-order valence-electron chi connectivity index (χ0n) is 6.77. The van der Waals surface area contributed by atoms with Crippen LogP contribution in [-0.4, -0.2) is 4.98 Å². The number of hydrogen-bond acceptors (Lipinski definition) is 3. The van der Waals surface area contributed by atoms with Gasteiger partial charge in [0.15, 0.2) is 11.4 Å². The molecule has 0 radical (unpaired) electrons. The highest BCUT2D eigenvalue weighted by atomic mass is 19.1. The molecule has 0 aliphatic rings. The zero-order chi connectivity index (χ0) is 9.59. The van der Waals surface area contributed by atoms with E-state index < -0.39 is 11.6 Å². The third-order valence-corrected chi connectivity index (χ3v) is 1.83. The van der Waals surface area contributed by atoms with Gasteiger partial charge in [0, 0.05) is 11.6 Å². The molecular formula is C8H6F2N2O. The van der Waals surface area contributed by atoms with E-state index in [9.17, 15) is 8.78 Å². The fourth-order valence-electron chi connectivity index (χ4n) is 1.15. The summed E-state index contributed by atoms with van der Waals surface area (Å²) in [7, 11) is 0. The summed E-state index contributed by atoms with van der Waals surface area (Å²) in [5.74, 6) is -1.44. The Hall–Kier alpha value is -1.65. The number of aryl methyl sites for hydroxylation is 1. The maximum Gasteiger partial charge on any atom is 0.293 e. The molecule has 68 valence electrons. The van der Waals surface area contributed by atoms with Crippen molar-refractivity contribution in [2.24, 2.45) is 0 Å². The molecule has 1 aromatic heterocycles. The fraction of sp³-hybridized carbons (Fsp3) is 0.125. The Morgan fingerprint density at radius 2 is 2.08 bits per heavy atom. The molecule has 0 aliphatic carbocycles. The molecule has 0 unspecified atom stereocenters. The molecule has 0 atom stereocenters. The predicted octanol–water partition coefficient (Wildman–Crippen LogP) is 2.00. The lowest BCUT2D eigenvalue weighted by Gasteiger charge is -1.95. The minimum Gasteiger partial charge on any atom is -0.421 e. The molecule has 0 fully saturated rings. The van der Waals surface area contributed by atoms with E-state index in [2.05, 4.69) is 4.98 Å². The van der Waals surface area contributed by atoms with E-state index in [0.29, 0.717) is 0 Å². The van der Waals surface area contributed by atoms with Crippen LogP contribution in [-0.2, 0) is 0 Å². The van der Waals surface area contributed by atoms with Gasteiger partial charge in [-0.2, -0.15) is 4.98 Å². The number of benzene rings is 1. The molecule has 0 saturated heterocycles. The number of oxazole rings is 1. The second-order valence-corrected chi connectivity index (χ2v) is 2.70. The van der Waals surface area contributed by atoms with Crippen molar-refractivity contribution in [3.05, 3.63) is 23.3 Å². The zero-order valence-corrected chi connectivity index (χ0v) is 6.77. The molecule has 0 saturated carbocycles. The first-order chi connectivity index (χ1) is 6.09. The normalized spacial score (nSPS) is 11.0. The number of nitrogen functional groups attached to an aromatic ring is 1. The van der Waals surface area contributed by atoms with Crippen LogP contribution in [0.25, 0.3) is 11.1 Å². The second-order valence-electron chi connectivity index (χ2n) is 2.70. The van der Waals surface area contributed by atoms with E-state index in [-0.39, 0.29) is 22.7 Å². The molecular weight excluding hydrogens is 178 g/mol. The summed E-state index contributed by atoms with van der Waals surface area (Å²) >= 11 is 0. The molecule has 1 aromatic carbocycles. The second kappa shape index (κ2) is 2.42. The standard InChI is InChI=1S/C8H6F2N2O/c1-3-4(9)2-5(10)7-6(3)12-8(11)13-7/h2H,1H3,(H2,11,12). The largest absolute Gasteiger partial charge is 0.421 e. The lowest BCUT2D eigenvalue weighted by molar-refractivity contribution is 0.550. The lowest BCUT2D eigenvalue weighted by Crippen LogP contribution is -1.87. The van der Waals surface area contributed by atoms with Gasteiger partial charge in [-0.05, 0) is 6.92 Å². The summed E-state index contributed by atoms with van der Waals surface area (Å²) in [5.41, 5.74) is 5.48. The molecule has 0 bridgehead atoms. The molecule has 0 amide bonds. The molecule has 2 N–H and O–H groups in total. The molecule has 1 heterocycles. The highest BCUT2D eigenvalue weighted by Crippen LogP contribution is 2.25. The monoisotopic (exact) mass is 184 g/mol. The van der Waals surface area contributed by atoms with Gasteiger partial charge in [-0.15, -0.1) is 0 Å². The van der Waals surface area contributed by atoms with Crippen LogP contribution >= 0.6 is 0 Å². The quantitative estimate of drug-likeness (QED) is 0.681. The Balaban J connectivity index is 2.95. The van der Waals surface area contributed by atoms with Crippen LogP contribution in [0.1, 0.15) is 5.56 Å². The van der Waals surface area contributed by atoms with Crippen molar-refractivity contribution in [2.45, 2.75) is 6.92 Å². The van der Waals surface area contributed by atoms with Crippen LogP contribution < -0.4 is 5.73 Å². The smallest absolute Gasteiger partial charge is 0.293 e. The Morgan fingerprint density at radius 1 is 1.38 bits per heavy atom. The van der Waals surface area contributed by atoms with Crippen molar-refractivity contribution in [1.82, 2.24) is 4.98 Å². The third kappa shape index (κ3) is 1.04. The van der Waals surface area contributed by atoms with Crippen LogP contribution in [0.2, 0.25) is 0 Å². The van der Waals surface area contributed by atoms with Crippen LogP contribution in [0, 0.1) is 18.6 Å².